The number of amides is 1. The number of aliphatic hydroxyl groups excluding tert-OH is 1. The Morgan fingerprint density at radius 1 is 1.39 bits per heavy atom. The van der Waals surface area contributed by atoms with E-state index in [1.807, 2.05) is 0 Å². The predicted octanol–water partition coefficient (Wildman–Crippen LogP) is -0.110. The summed E-state index contributed by atoms with van der Waals surface area (Å²) < 4.78 is 5.50. The molecule has 2 aliphatic rings. The van der Waals surface area contributed by atoms with Crippen LogP contribution in [-0.4, -0.2) is 50.0 Å². The Hall–Kier alpha value is -0.650. The fourth-order valence-corrected chi connectivity index (χ4v) is 2.90. The lowest BCUT2D eigenvalue weighted by atomic mass is 9.97. The average molecular weight is 256 g/mol. The van der Waals surface area contributed by atoms with Crippen LogP contribution in [0.5, 0.6) is 0 Å². The minimum Gasteiger partial charge on any atom is -0.396 e. The molecule has 3 atom stereocenters. The van der Waals surface area contributed by atoms with E-state index in [9.17, 15) is 9.90 Å². The Balaban J connectivity index is 1.64. The summed E-state index contributed by atoms with van der Waals surface area (Å²) in [7, 11) is 0. The quantitative estimate of drug-likeness (QED) is 0.642. The summed E-state index contributed by atoms with van der Waals surface area (Å²) in [6, 6.07) is 0. The number of carbonyl (C=O) groups is 1. The third-order valence-corrected chi connectivity index (χ3v) is 4.03. The second kappa shape index (κ2) is 7.07. The van der Waals surface area contributed by atoms with Gasteiger partial charge in [0.2, 0.25) is 5.91 Å². The minimum absolute atomic E-state index is 0.0102. The zero-order valence-electron chi connectivity index (χ0n) is 10.9. The number of ether oxygens (including phenoxy) is 1. The number of hydrogen-bond acceptors (Lipinski definition) is 4. The van der Waals surface area contributed by atoms with Crippen LogP contribution in [-0.2, 0) is 9.53 Å². The molecule has 0 spiro atoms. The summed E-state index contributed by atoms with van der Waals surface area (Å²) in [5, 5.41) is 15.4. The van der Waals surface area contributed by atoms with Crippen LogP contribution >= 0.6 is 0 Å². The van der Waals surface area contributed by atoms with Gasteiger partial charge in [-0.2, -0.15) is 0 Å². The van der Waals surface area contributed by atoms with E-state index < -0.39 is 0 Å². The van der Waals surface area contributed by atoms with Gasteiger partial charge in [0.15, 0.2) is 0 Å². The van der Waals surface area contributed by atoms with Crippen LogP contribution in [0, 0.1) is 11.8 Å². The van der Waals surface area contributed by atoms with Crippen LogP contribution in [0.1, 0.15) is 25.7 Å². The van der Waals surface area contributed by atoms with Gasteiger partial charge in [-0.3, -0.25) is 4.79 Å². The Bertz CT molecular complexity index is 267. The van der Waals surface area contributed by atoms with Gasteiger partial charge in [-0.05, 0) is 24.7 Å². The molecule has 1 heterocycles. The van der Waals surface area contributed by atoms with Gasteiger partial charge in [0.05, 0.1) is 19.1 Å². The summed E-state index contributed by atoms with van der Waals surface area (Å²) in [5.74, 6) is 0.884. The van der Waals surface area contributed by atoms with E-state index in [0.717, 1.165) is 25.9 Å². The molecular formula is C13H24N2O3. The lowest BCUT2D eigenvalue weighted by Gasteiger charge is -2.24. The van der Waals surface area contributed by atoms with Crippen molar-refractivity contribution in [1.82, 2.24) is 10.6 Å². The summed E-state index contributed by atoms with van der Waals surface area (Å²) in [4.78, 5) is 11.8. The molecule has 5 nitrogen and oxygen atoms in total. The van der Waals surface area contributed by atoms with Crippen molar-refractivity contribution < 1.29 is 14.6 Å². The number of morpholine rings is 1. The average Bonchev–Trinajstić information content (AvgIpc) is 2.85. The van der Waals surface area contributed by atoms with Crippen LogP contribution in [0.2, 0.25) is 0 Å². The largest absolute Gasteiger partial charge is 0.396 e. The van der Waals surface area contributed by atoms with Crippen LogP contribution in [0.25, 0.3) is 0 Å². The Labute approximate surface area is 108 Å². The summed E-state index contributed by atoms with van der Waals surface area (Å²) in [6.07, 6.45) is 3.82. The van der Waals surface area contributed by atoms with Crippen LogP contribution in [0.4, 0.5) is 0 Å². The standard InChI is InChI=1S/C13H24N2O3/c16-9-11-3-1-2-10(11)7-15-13(17)6-12-8-14-4-5-18-12/h10-12,14,16H,1-9H2,(H,15,17). The Kier molecular flexibility index (Phi) is 5.41. The van der Waals surface area contributed by atoms with E-state index >= 15 is 0 Å². The molecule has 1 aliphatic carbocycles. The topological polar surface area (TPSA) is 70.6 Å². The maximum atomic E-state index is 11.8. The summed E-state index contributed by atoms with van der Waals surface area (Å²) >= 11 is 0. The first-order chi connectivity index (χ1) is 8.79. The SMILES string of the molecule is O=C(CC1CNCCO1)NCC1CCCC1CO. The summed E-state index contributed by atoms with van der Waals surface area (Å²) in [5.41, 5.74) is 0. The van der Waals surface area contributed by atoms with E-state index in [2.05, 4.69) is 10.6 Å². The van der Waals surface area contributed by atoms with Crippen molar-refractivity contribution in [1.29, 1.82) is 0 Å². The molecule has 3 unspecified atom stereocenters. The lowest BCUT2D eigenvalue weighted by molar-refractivity contribution is -0.124. The van der Waals surface area contributed by atoms with Crippen LogP contribution in [0.15, 0.2) is 0 Å². The highest BCUT2D eigenvalue weighted by molar-refractivity contribution is 5.76. The molecule has 0 aromatic heterocycles. The van der Waals surface area contributed by atoms with Crippen molar-refractivity contribution >= 4 is 5.91 Å². The van der Waals surface area contributed by atoms with Gasteiger partial charge in [-0.15, -0.1) is 0 Å². The molecular weight excluding hydrogens is 232 g/mol. The highest BCUT2D eigenvalue weighted by atomic mass is 16.5. The molecule has 2 rings (SSSR count). The first-order valence-corrected chi connectivity index (χ1v) is 6.99. The Morgan fingerprint density at radius 2 is 2.22 bits per heavy atom. The number of aliphatic hydroxyl groups is 1. The first kappa shape index (κ1) is 13.8. The molecule has 0 radical (unpaired) electrons. The van der Waals surface area contributed by atoms with Gasteiger partial charge in [-0.1, -0.05) is 6.42 Å². The van der Waals surface area contributed by atoms with Crippen molar-refractivity contribution in [3.63, 3.8) is 0 Å². The van der Waals surface area contributed by atoms with Crippen molar-refractivity contribution in [2.45, 2.75) is 31.8 Å². The predicted molar refractivity (Wildman–Crippen MR) is 68.2 cm³/mol. The van der Waals surface area contributed by atoms with Crippen LogP contribution < -0.4 is 10.6 Å². The van der Waals surface area contributed by atoms with Gasteiger partial charge in [0.25, 0.3) is 0 Å². The fraction of sp³-hybridized carbons (Fsp3) is 0.923. The van der Waals surface area contributed by atoms with Crippen molar-refractivity contribution in [3.05, 3.63) is 0 Å². The van der Waals surface area contributed by atoms with Gasteiger partial charge in [-0.25, -0.2) is 0 Å². The molecule has 0 aromatic rings. The zero-order valence-corrected chi connectivity index (χ0v) is 10.9. The molecule has 5 heteroatoms. The highest BCUT2D eigenvalue weighted by Gasteiger charge is 2.27. The Morgan fingerprint density at radius 3 is 2.94 bits per heavy atom. The molecule has 0 bridgehead atoms. The van der Waals surface area contributed by atoms with E-state index in [0.29, 0.717) is 31.4 Å². The van der Waals surface area contributed by atoms with Crippen molar-refractivity contribution in [2.75, 3.05) is 32.8 Å². The van der Waals surface area contributed by atoms with E-state index in [4.69, 9.17) is 4.74 Å². The molecule has 3 N–H and O–H groups in total. The molecule has 1 amide bonds. The van der Waals surface area contributed by atoms with E-state index in [1.54, 1.807) is 0 Å². The van der Waals surface area contributed by atoms with E-state index in [-0.39, 0.29) is 18.6 Å². The number of rotatable bonds is 5. The second-order valence-electron chi connectivity index (χ2n) is 5.34. The van der Waals surface area contributed by atoms with Crippen molar-refractivity contribution in [3.8, 4) is 0 Å². The molecule has 18 heavy (non-hydrogen) atoms. The number of nitrogens with one attached hydrogen (secondary N) is 2. The first-order valence-electron chi connectivity index (χ1n) is 6.99. The lowest BCUT2D eigenvalue weighted by Crippen LogP contribution is -2.42. The third-order valence-electron chi connectivity index (χ3n) is 4.03. The van der Waals surface area contributed by atoms with Gasteiger partial charge in [0, 0.05) is 26.2 Å². The normalized spacial score (nSPS) is 32.4. The smallest absolute Gasteiger partial charge is 0.222 e. The maximum Gasteiger partial charge on any atom is 0.222 e. The number of hydrogen-bond donors (Lipinski definition) is 3. The van der Waals surface area contributed by atoms with Gasteiger partial charge >= 0.3 is 0 Å². The van der Waals surface area contributed by atoms with E-state index in [1.165, 1.54) is 6.42 Å². The molecule has 1 aliphatic heterocycles. The third kappa shape index (κ3) is 3.93. The molecule has 2 fully saturated rings. The molecule has 0 aromatic carbocycles. The van der Waals surface area contributed by atoms with Crippen molar-refractivity contribution in [2.24, 2.45) is 11.8 Å². The van der Waals surface area contributed by atoms with Crippen LogP contribution in [0.3, 0.4) is 0 Å². The monoisotopic (exact) mass is 256 g/mol. The number of carbonyl (C=O) groups excluding carboxylic acids is 1. The minimum atomic E-state index is 0.0102. The van der Waals surface area contributed by atoms with Gasteiger partial charge in [0.1, 0.15) is 0 Å². The maximum absolute atomic E-state index is 11.8. The zero-order chi connectivity index (χ0) is 12.8. The molecule has 1 saturated heterocycles. The molecule has 1 saturated carbocycles. The second-order valence-corrected chi connectivity index (χ2v) is 5.34. The highest BCUT2D eigenvalue weighted by Crippen LogP contribution is 2.30. The van der Waals surface area contributed by atoms with Gasteiger partial charge < -0.3 is 20.5 Å². The molecule has 104 valence electrons. The fourth-order valence-electron chi connectivity index (χ4n) is 2.90. The summed E-state index contributed by atoms with van der Waals surface area (Å²) in [6.45, 7) is 3.27.